The van der Waals surface area contributed by atoms with Gasteiger partial charge in [-0.05, 0) is 12.8 Å². The summed E-state index contributed by atoms with van der Waals surface area (Å²) in [6.45, 7) is -0.265. The highest BCUT2D eigenvalue weighted by Gasteiger charge is 2.30. The van der Waals surface area contributed by atoms with Crippen LogP contribution in [0.1, 0.15) is 29.4 Å². The number of hydrogen-bond acceptors (Lipinski definition) is 5. The lowest BCUT2D eigenvalue weighted by molar-refractivity contribution is -0.384. The van der Waals surface area contributed by atoms with Crippen molar-refractivity contribution in [1.29, 1.82) is 0 Å². The minimum atomic E-state index is -0.577. The third kappa shape index (κ3) is 2.90. The Morgan fingerprint density at radius 1 is 1.58 bits per heavy atom. The van der Waals surface area contributed by atoms with E-state index in [2.05, 4.69) is 10.1 Å². The van der Waals surface area contributed by atoms with E-state index in [1.54, 1.807) is 4.57 Å². The molecule has 0 aromatic carbocycles. The van der Waals surface area contributed by atoms with Crippen molar-refractivity contribution in [3.8, 4) is 0 Å². The number of rotatable bonds is 5. The molecule has 2 rings (SSSR count). The van der Waals surface area contributed by atoms with Gasteiger partial charge in [-0.25, -0.2) is 0 Å². The van der Waals surface area contributed by atoms with E-state index >= 15 is 0 Å². The lowest BCUT2D eigenvalue weighted by atomic mass is 10.3. The van der Waals surface area contributed by atoms with Gasteiger partial charge in [-0.3, -0.25) is 19.7 Å². The summed E-state index contributed by atoms with van der Waals surface area (Å²) in [6, 6.07) is 1.35. The van der Waals surface area contributed by atoms with E-state index in [9.17, 15) is 19.7 Å². The molecule has 1 fully saturated rings. The number of nitro groups is 1. The van der Waals surface area contributed by atoms with Gasteiger partial charge in [0.05, 0.1) is 18.2 Å². The maximum absolute atomic E-state index is 11.9. The summed E-state index contributed by atoms with van der Waals surface area (Å²) in [6.07, 6.45) is 3.14. The van der Waals surface area contributed by atoms with Crippen LogP contribution in [0, 0.1) is 10.1 Å². The lowest BCUT2D eigenvalue weighted by Gasteiger charge is -2.07. The molecule has 8 heteroatoms. The van der Waals surface area contributed by atoms with Crippen molar-refractivity contribution in [2.75, 3.05) is 13.7 Å². The predicted molar refractivity (Wildman–Crippen MR) is 63.7 cm³/mol. The van der Waals surface area contributed by atoms with Crippen LogP contribution >= 0.6 is 0 Å². The summed E-state index contributed by atoms with van der Waals surface area (Å²) in [4.78, 5) is 33.0. The van der Waals surface area contributed by atoms with Crippen LogP contribution in [0.5, 0.6) is 0 Å². The zero-order valence-corrected chi connectivity index (χ0v) is 10.3. The number of aromatic nitrogens is 1. The number of nitrogens with zero attached hydrogens (tertiary/aromatic N) is 2. The fourth-order valence-corrected chi connectivity index (χ4v) is 1.72. The largest absolute Gasteiger partial charge is 0.468 e. The lowest BCUT2D eigenvalue weighted by Crippen LogP contribution is -2.31. The van der Waals surface area contributed by atoms with Gasteiger partial charge < -0.3 is 14.6 Å². The second kappa shape index (κ2) is 5.09. The molecule has 1 amide bonds. The normalized spacial score (nSPS) is 13.9. The van der Waals surface area contributed by atoms with E-state index in [4.69, 9.17) is 0 Å². The summed E-state index contributed by atoms with van der Waals surface area (Å²) in [7, 11) is 1.21. The maximum Gasteiger partial charge on any atom is 0.325 e. The predicted octanol–water partition coefficient (Wildman–Crippen LogP) is 0.634. The first kappa shape index (κ1) is 13.1. The Labute approximate surface area is 108 Å². The third-order valence-corrected chi connectivity index (χ3v) is 2.84. The molecular weight excluding hydrogens is 254 g/mol. The second-order valence-corrected chi connectivity index (χ2v) is 4.24. The molecule has 0 atom stereocenters. The van der Waals surface area contributed by atoms with E-state index in [0.29, 0.717) is 0 Å². The van der Waals surface area contributed by atoms with Crippen LogP contribution in [-0.2, 0) is 9.53 Å². The first-order valence-corrected chi connectivity index (χ1v) is 5.74. The van der Waals surface area contributed by atoms with Gasteiger partial charge in [-0.2, -0.15) is 0 Å². The first-order valence-electron chi connectivity index (χ1n) is 5.74. The Hall–Kier alpha value is -2.38. The Morgan fingerprint density at radius 3 is 2.79 bits per heavy atom. The molecule has 0 unspecified atom stereocenters. The van der Waals surface area contributed by atoms with Crippen molar-refractivity contribution >= 4 is 17.6 Å². The summed E-state index contributed by atoms with van der Waals surface area (Å²) < 4.78 is 5.99. The minimum absolute atomic E-state index is 0.130. The van der Waals surface area contributed by atoms with Crippen molar-refractivity contribution in [2.24, 2.45) is 0 Å². The van der Waals surface area contributed by atoms with Gasteiger partial charge in [0, 0.05) is 12.1 Å². The van der Waals surface area contributed by atoms with E-state index in [-0.39, 0.29) is 24.0 Å². The average Bonchev–Trinajstić information content (AvgIpc) is 3.13. The van der Waals surface area contributed by atoms with Gasteiger partial charge in [0.1, 0.15) is 12.2 Å². The molecular formula is C11H13N3O5. The molecule has 1 aliphatic rings. The molecule has 1 N–H and O–H groups in total. The zero-order valence-electron chi connectivity index (χ0n) is 10.3. The monoisotopic (exact) mass is 267 g/mol. The van der Waals surface area contributed by atoms with Gasteiger partial charge in [0.15, 0.2) is 0 Å². The van der Waals surface area contributed by atoms with E-state index in [0.717, 1.165) is 12.8 Å². The first-order chi connectivity index (χ1) is 9.02. The number of carbonyl (C=O) groups is 2. The Kier molecular flexibility index (Phi) is 3.50. The molecule has 1 aromatic rings. The van der Waals surface area contributed by atoms with Gasteiger partial charge in [0.2, 0.25) is 0 Å². The second-order valence-electron chi connectivity index (χ2n) is 4.24. The molecule has 0 bridgehead atoms. The molecule has 102 valence electrons. The molecule has 8 nitrogen and oxygen atoms in total. The molecule has 0 aliphatic heterocycles. The van der Waals surface area contributed by atoms with Crippen LogP contribution in [0.2, 0.25) is 0 Å². The van der Waals surface area contributed by atoms with Gasteiger partial charge in [-0.1, -0.05) is 0 Å². The number of methoxy groups -OCH3 is 1. The van der Waals surface area contributed by atoms with Gasteiger partial charge in [-0.15, -0.1) is 0 Å². The summed E-state index contributed by atoms with van der Waals surface area (Å²) in [5.41, 5.74) is 0.0632. The third-order valence-electron chi connectivity index (χ3n) is 2.84. The van der Waals surface area contributed by atoms with Crippen LogP contribution in [0.15, 0.2) is 12.3 Å². The number of esters is 1. The van der Waals surface area contributed by atoms with Crippen molar-refractivity contribution in [2.45, 2.75) is 18.9 Å². The minimum Gasteiger partial charge on any atom is -0.468 e. The van der Waals surface area contributed by atoms with Crippen LogP contribution in [-0.4, -0.2) is 35.0 Å². The standard InChI is InChI=1S/C11H13N3O5/c1-19-10(15)5-12-11(16)9-4-8(14(17)18)6-13(9)7-2-3-7/h4,6-7H,2-3,5H2,1H3,(H,12,16). The highest BCUT2D eigenvalue weighted by atomic mass is 16.6. The van der Waals surface area contributed by atoms with Crippen molar-refractivity contribution in [3.05, 3.63) is 28.1 Å². The fourth-order valence-electron chi connectivity index (χ4n) is 1.72. The molecule has 0 spiro atoms. The number of amides is 1. The molecule has 1 aromatic heterocycles. The van der Waals surface area contributed by atoms with Crippen LogP contribution in [0.4, 0.5) is 5.69 Å². The van der Waals surface area contributed by atoms with Crippen molar-refractivity contribution in [3.63, 3.8) is 0 Å². The Balaban J connectivity index is 2.15. The molecule has 0 radical (unpaired) electrons. The average molecular weight is 267 g/mol. The van der Waals surface area contributed by atoms with E-state index < -0.39 is 16.8 Å². The van der Waals surface area contributed by atoms with Crippen LogP contribution in [0.3, 0.4) is 0 Å². The summed E-state index contributed by atoms with van der Waals surface area (Å²) in [5, 5.41) is 13.1. The van der Waals surface area contributed by atoms with Gasteiger partial charge in [0.25, 0.3) is 11.6 Å². The van der Waals surface area contributed by atoms with Crippen molar-refractivity contribution in [1.82, 2.24) is 9.88 Å². The van der Waals surface area contributed by atoms with Crippen LogP contribution in [0.25, 0.3) is 0 Å². The maximum atomic E-state index is 11.9. The number of hydrogen-bond donors (Lipinski definition) is 1. The van der Waals surface area contributed by atoms with E-state index in [1.165, 1.54) is 19.4 Å². The molecule has 19 heavy (non-hydrogen) atoms. The molecule has 1 aliphatic carbocycles. The Morgan fingerprint density at radius 2 is 2.26 bits per heavy atom. The quantitative estimate of drug-likeness (QED) is 0.479. The van der Waals surface area contributed by atoms with Gasteiger partial charge >= 0.3 is 5.97 Å². The SMILES string of the molecule is COC(=O)CNC(=O)c1cc([N+](=O)[O-])cn1C1CC1. The highest BCUT2D eigenvalue weighted by Crippen LogP contribution is 2.37. The smallest absolute Gasteiger partial charge is 0.325 e. The highest BCUT2D eigenvalue weighted by molar-refractivity contribution is 5.95. The molecule has 0 saturated heterocycles. The zero-order chi connectivity index (χ0) is 14.0. The Bertz CT molecular complexity index is 532. The summed E-state index contributed by atoms with van der Waals surface area (Å²) in [5.74, 6) is -1.10. The number of ether oxygens (including phenoxy) is 1. The topological polar surface area (TPSA) is 103 Å². The van der Waals surface area contributed by atoms with Crippen LogP contribution < -0.4 is 5.32 Å². The molecule has 1 saturated carbocycles. The number of carbonyl (C=O) groups excluding carboxylic acids is 2. The molecule has 1 heterocycles. The van der Waals surface area contributed by atoms with Crippen molar-refractivity contribution < 1.29 is 19.2 Å². The van der Waals surface area contributed by atoms with E-state index in [1.807, 2.05) is 0 Å². The number of nitrogens with one attached hydrogen (secondary N) is 1. The summed E-state index contributed by atoms with van der Waals surface area (Å²) >= 11 is 0. The fraction of sp³-hybridized carbons (Fsp3) is 0.455.